The predicted molar refractivity (Wildman–Crippen MR) is 73.2 cm³/mol. The summed E-state index contributed by atoms with van der Waals surface area (Å²) in [4.78, 5) is 12.2. The first-order valence-electron chi connectivity index (χ1n) is 6.35. The van der Waals surface area contributed by atoms with E-state index in [4.69, 9.17) is 4.74 Å². The third kappa shape index (κ3) is 2.08. The zero-order chi connectivity index (χ0) is 16.0. The van der Waals surface area contributed by atoms with Crippen molar-refractivity contribution in [2.45, 2.75) is 12.2 Å². The van der Waals surface area contributed by atoms with Crippen molar-refractivity contribution in [3.8, 4) is 28.7 Å². The molecule has 0 saturated carbocycles. The Labute approximate surface area is 124 Å². The number of ether oxygens (including phenoxy) is 1. The number of carbonyl (C=O) groups excluding carboxylic acids is 1. The molecule has 0 fully saturated rings. The molecule has 7 nitrogen and oxygen atoms in total. The lowest BCUT2D eigenvalue weighted by Gasteiger charge is -2.30. The number of aliphatic hydroxyl groups excluding tert-OH is 1. The molecule has 0 spiro atoms. The minimum Gasteiger partial charge on any atom is -0.508 e. The molecule has 1 heterocycles. The second-order valence-electron chi connectivity index (χ2n) is 4.94. The number of aliphatic hydroxyl groups is 1. The molecular weight excluding hydrogens is 292 g/mol. The van der Waals surface area contributed by atoms with E-state index in [9.17, 15) is 30.3 Å². The fraction of sp³-hybridized carbons (Fsp3) is 0.133. The smallest absolute Gasteiger partial charge is 0.200 e. The van der Waals surface area contributed by atoms with Gasteiger partial charge >= 0.3 is 0 Å². The summed E-state index contributed by atoms with van der Waals surface area (Å²) in [7, 11) is 0. The van der Waals surface area contributed by atoms with Crippen LogP contribution in [0, 0.1) is 0 Å². The first kappa shape index (κ1) is 14.0. The van der Waals surface area contributed by atoms with E-state index >= 15 is 0 Å². The van der Waals surface area contributed by atoms with Crippen LogP contribution in [0.1, 0.15) is 22.0 Å². The van der Waals surface area contributed by atoms with Crippen LogP contribution in [0.4, 0.5) is 0 Å². The lowest BCUT2D eigenvalue weighted by Crippen LogP contribution is -2.36. The van der Waals surface area contributed by atoms with Gasteiger partial charge in [-0.3, -0.25) is 4.79 Å². The molecule has 7 heteroatoms. The molecule has 2 aromatic carbocycles. The van der Waals surface area contributed by atoms with E-state index in [1.165, 1.54) is 18.2 Å². The first-order chi connectivity index (χ1) is 10.4. The average molecular weight is 304 g/mol. The van der Waals surface area contributed by atoms with Crippen molar-refractivity contribution in [2.75, 3.05) is 0 Å². The minimum absolute atomic E-state index is 0.0763. The Morgan fingerprint density at radius 2 is 1.59 bits per heavy atom. The van der Waals surface area contributed by atoms with Crippen molar-refractivity contribution in [3.05, 3.63) is 41.5 Å². The van der Waals surface area contributed by atoms with Crippen LogP contribution in [-0.4, -0.2) is 37.4 Å². The molecule has 5 N–H and O–H groups in total. The standard InChI is InChI=1S/C15H12O7/c16-7-1-2-8-11(5-7)22-15(14(21)12(8)19)6-3-9(17)13(20)10(18)4-6/h1-5,14-18,20-21H/t14-,15-/m0/s1. The quantitative estimate of drug-likeness (QED) is 0.501. The third-order valence-corrected chi connectivity index (χ3v) is 3.46. The van der Waals surface area contributed by atoms with Gasteiger partial charge in [-0.2, -0.15) is 0 Å². The maximum absolute atomic E-state index is 12.2. The molecule has 3 rings (SSSR count). The third-order valence-electron chi connectivity index (χ3n) is 3.46. The molecule has 0 radical (unpaired) electrons. The van der Waals surface area contributed by atoms with Gasteiger partial charge in [0.1, 0.15) is 11.5 Å². The van der Waals surface area contributed by atoms with Crippen molar-refractivity contribution >= 4 is 5.78 Å². The highest BCUT2D eigenvalue weighted by molar-refractivity contribution is 6.03. The molecule has 22 heavy (non-hydrogen) atoms. The van der Waals surface area contributed by atoms with Gasteiger partial charge in [-0.15, -0.1) is 0 Å². The van der Waals surface area contributed by atoms with Crippen molar-refractivity contribution in [2.24, 2.45) is 0 Å². The summed E-state index contributed by atoms with van der Waals surface area (Å²) in [5.74, 6) is -2.58. The number of Topliss-reactive ketones (excluding diaryl/α,β-unsaturated/α-hetero) is 1. The summed E-state index contributed by atoms with van der Waals surface area (Å²) in [6, 6.07) is 6.00. The normalized spacial score (nSPS) is 20.3. The van der Waals surface area contributed by atoms with Gasteiger partial charge in [0.2, 0.25) is 0 Å². The van der Waals surface area contributed by atoms with Gasteiger partial charge in [-0.25, -0.2) is 0 Å². The summed E-state index contributed by atoms with van der Waals surface area (Å²) < 4.78 is 5.50. The molecule has 114 valence electrons. The molecule has 2 atom stereocenters. The maximum atomic E-state index is 12.2. The fourth-order valence-corrected chi connectivity index (χ4v) is 2.35. The predicted octanol–water partition coefficient (Wildman–Crippen LogP) is 1.19. The van der Waals surface area contributed by atoms with Gasteiger partial charge in [0.05, 0.1) is 5.56 Å². The number of benzene rings is 2. The SMILES string of the molecule is O=C1c2ccc(O)cc2O[C@@H](c2cc(O)c(O)c(O)c2)[C@H]1O. The van der Waals surface area contributed by atoms with Crippen LogP contribution in [0.25, 0.3) is 0 Å². The molecular formula is C15H12O7. The molecule has 0 amide bonds. The number of hydrogen-bond donors (Lipinski definition) is 5. The number of ketones is 1. The number of fused-ring (bicyclic) bond motifs is 1. The summed E-state index contributed by atoms with van der Waals surface area (Å²) in [6.07, 6.45) is -2.75. The number of phenolic OH excluding ortho intramolecular Hbond substituents is 4. The Kier molecular flexibility index (Phi) is 3.07. The number of aromatic hydroxyl groups is 4. The van der Waals surface area contributed by atoms with Gasteiger partial charge in [-0.05, 0) is 24.3 Å². The van der Waals surface area contributed by atoms with Gasteiger partial charge in [-0.1, -0.05) is 0 Å². The van der Waals surface area contributed by atoms with Crippen molar-refractivity contribution in [1.29, 1.82) is 0 Å². The van der Waals surface area contributed by atoms with E-state index in [-0.39, 0.29) is 22.6 Å². The second kappa shape index (κ2) is 4.81. The minimum atomic E-state index is -1.56. The maximum Gasteiger partial charge on any atom is 0.200 e. The molecule has 0 aliphatic carbocycles. The van der Waals surface area contributed by atoms with Crippen LogP contribution in [-0.2, 0) is 0 Å². The summed E-state index contributed by atoms with van der Waals surface area (Å²) in [5, 5.41) is 48.0. The van der Waals surface area contributed by atoms with Crippen LogP contribution in [0.15, 0.2) is 30.3 Å². The Bertz CT molecular complexity index is 745. The molecule has 0 bridgehead atoms. The van der Waals surface area contributed by atoms with Gasteiger partial charge in [0.25, 0.3) is 0 Å². The average Bonchev–Trinajstić information content (AvgIpc) is 2.47. The van der Waals surface area contributed by atoms with E-state index in [0.717, 1.165) is 12.1 Å². The number of hydrogen-bond acceptors (Lipinski definition) is 7. The highest BCUT2D eigenvalue weighted by Gasteiger charge is 2.37. The lowest BCUT2D eigenvalue weighted by atomic mass is 9.93. The second-order valence-corrected chi connectivity index (χ2v) is 4.94. The zero-order valence-corrected chi connectivity index (χ0v) is 11.1. The molecule has 0 saturated heterocycles. The molecule has 0 unspecified atom stereocenters. The Balaban J connectivity index is 2.08. The number of rotatable bonds is 1. The number of carbonyl (C=O) groups is 1. The van der Waals surface area contributed by atoms with E-state index in [1.807, 2.05) is 0 Å². The molecule has 2 aromatic rings. The summed E-state index contributed by atoms with van der Waals surface area (Å²) in [6.45, 7) is 0. The first-order valence-corrected chi connectivity index (χ1v) is 6.35. The van der Waals surface area contributed by atoms with Crippen molar-refractivity contribution in [1.82, 2.24) is 0 Å². The van der Waals surface area contributed by atoms with Gasteiger partial charge in [0, 0.05) is 11.6 Å². The largest absolute Gasteiger partial charge is 0.508 e. The van der Waals surface area contributed by atoms with Crippen molar-refractivity contribution in [3.63, 3.8) is 0 Å². The zero-order valence-electron chi connectivity index (χ0n) is 11.1. The van der Waals surface area contributed by atoms with Gasteiger partial charge in [0.15, 0.2) is 35.2 Å². The van der Waals surface area contributed by atoms with E-state index in [0.29, 0.717) is 0 Å². The van der Waals surface area contributed by atoms with Crippen LogP contribution in [0.2, 0.25) is 0 Å². The van der Waals surface area contributed by atoms with Crippen LogP contribution in [0.3, 0.4) is 0 Å². The summed E-state index contributed by atoms with van der Waals surface area (Å²) in [5.41, 5.74) is 0.219. The van der Waals surface area contributed by atoms with Crippen LogP contribution >= 0.6 is 0 Å². The molecule has 1 aliphatic rings. The monoisotopic (exact) mass is 304 g/mol. The van der Waals surface area contributed by atoms with Gasteiger partial charge < -0.3 is 30.3 Å². The highest BCUT2D eigenvalue weighted by Crippen LogP contribution is 2.42. The van der Waals surface area contributed by atoms with Crippen LogP contribution in [0.5, 0.6) is 28.7 Å². The Hall–Kier alpha value is -2.93. The van der Waals surface area contributed by atoms with E-state index in [1.54, 1.807) is 0 Å². The highest BCUT2D eigenvalue weighted by atomic mass is 16.5. The fourth-order valence-electron chi connectivity index (χ4n) is 2.35. The van der Waals surface area contributed by atoms with E-state index < -0.39 is 35.2 Å². The van der Waals surface area contributed by atoms with Crippen LogP contribution < -0.4 is 4.74 Å². The number of phenols is 4. The lowest BCUT2D eigenvalue weighted by molar-refractivity contribution is 0.0214. The molecule has 1 aliphatic heterocycles. The molecule has 0 aromatic heterocycles. The Morgan fingerprint density at radius 1 is 0.955 bits per heavy atom. The topological polar surface area (TPSA) is 127 Å². The van der Waals surface area contributed by atoms with E-state index in [2.05, 4.69) is 0 Å². The Morgan fingerprint density at radius 3 is 2.23 bits per heavy atom. The van der Waals surface area contributed by atoms with Crippen molar-refractivity contribution < 1.29 is 35.1 Å². The summed E-state index contributed by atoms with van der Waals surface area (Å²) >= 11 is 0.